The van der Waals surface area contributed by atoms with E-state index in [1.54, 1.807) is 22.6 Å². The number of nitrogens with zero attached hydrogens (tertiary/aromatic N) is 5. The van der Waals surface area contributed by atoms with Crippen LogP contribution in [0.15, 0.2) is 29.6 Å². The zero-order valence-electron chi connectivity index (χ0n) is 26.2. The Hall–Kier alpha value is -4.41. The first-order chi connectivity index (χ1) is 22.8. The van der Waals surface area contributed by atoms with Crippen LogP contribution in [0.3, 0.4) is 0 Å². The lowest BCUT2D eigenvalue weighted by Crippen LogP contribution is -2.68. The molecule has 22 heteroatoms. The number of carboxylic acids is 1. The summed E-state index contributed by atoms with van der Waals surface area (Å²) in [4.78, 5) is 47.2. The SMILES string of the molecule is Cn1c(N)c(-c2ccc(OC[C@H](O/N=C(\C(=O)CC3C(=O)N(OS(=O)(=O)O)C3(C)C)c3nc(N)sc3Cl)C(=O)O)cc2F)c[n+]1CCCN. The van der Waals surface area contributed by atoms with Gasteiger partial charge in [0, 0.05) is 24.5 Å². The number of anilines is 2. The molecule has 2 aromatic heterocycles. The zero-order chi connectivity index (χ0) is 36.4. The van der Waals surface area contributed by atoms with Crippen LogP contribution in [0.4, 0.5) is 15.3 Å². The number of oxime groups is 1. The van der Waals surface area contributed by atoms with E-state index in [2.05, 4.69) is 14.4 Å². The lowest BCUT2D eigenvalue weighted by atomic mass is 9.74. The predicted molar refractivity (Wildman–Crippen MR) is 172 cm³/mol. The molecule has 1 aliphatic heterocycles. The number of ketones is 1. The van der Waals surface area contributed by atoms with Crippen LogP contribution in [0.25, 0.3) is 11.1 Å². The summed E-state index contributed by atoms with van der Waals surface area (Å²) < 4.78 is 59.6. The highest BCUT2D eigenvalue weighted by atomic mass is 35.5. The number of thiazole rings is 1. The smallest absolute Gasteiger partial charge is 0.418 e. The van der Waals surface area contributed by atoms with Crippen molar-refractivity contribution < 1.29 is 55.4 Å². The molecule has 1 amide bonds. The molecule has 266 valence electrons. The fourth-order valence-electron chi connectivity index (χ4n) is 4.87. The molecule has 8 N–H and O–H groups in total. The van der Waals surface area contributed by atoms with Crippen molar-refractivity contribution >= 4 is 67.7 Å². The fraction of sp³-hybridized carbons (Fsp3) is 0.407. The van der Waals surface area contributed by atoms with E-state index in [1.165, 1.54) is 26.0 Å². The lowest BCUT2D eigenvalue weighted by Gasteiger charge is -2.50. The number of rotatable bonds is 16. The number of hydroxylamine groups is 2. The standard InChI is InChI=1S/C27H32ClFN8O10S2/c1-27(2)16(24(39)37(27)47-49(42,43)44)10-18(38)20(21-22(28)48-26(32)33-21)34-46-19(25(40)41)12-45-13-5-6-14(17(29)9-13)15-11-36(8-4-7-30)35(3)23(15)31/h5-6,9,11,16,19,31H,4,7-8,10,12,30H2,1-3H3,(H4,32,33,40,41,42,43,44)/p+1/b34-20+/t16?,19-/m0/s1. The predicted octanol–water partition coefficient (Wildman–Crippen LogP) is 0.925. The molecule has 0 bridgehead atoms. The number of nitrogen functional groups attached to an aromatic ring is 2. The van der Waals surface area contributed by atoms with Crippen LogP contribution < -0.4 is 26.6 Å². The number of aromatic nitrogens is 3. The highest BCUT2D eigenvalue weighted by molar-refractivity contribution is 7.80. The van der Waals surface area contributed by atoms with Crippen LogP contribution >= 0.6 is 22.9 Å². The van der Waals surface area contributed by atoms with Gasteiger partial charge in [0.15, 0.2) is 29.0 Å². The fourth-order valence-corrected chi connectivity index (χ4v) is 6.25. The summed E-state index contributed by atoms with van der Waals surface area (Å²) in [5.74, 6) is -5.04. The van der Waals surface area contributed by atoms with E-state index in [-0.39, 0.29) is 26.5 Å². The minimum Gasteiger partial charge on any atom is -0.489 e. The van der Waals surface area contributed by atoms with Gasteiger partial charge in [0.2, 0.25) is 6.20 Å². The number of β-lactam (4-membered cyclic amide) rings is 1. The van der Waals surface area contributed by atoms with Crippen LogP contribution in [-0.4, -0.2) is 81.0 Å². The van der Waals surface area contributed by atoms with Crippen molar-refractivity contribution in [2.24, 2.45) is 23.9 Å². The molecular formula is C27H33ClFN8O10S2+. The van der Waals surface area contributed by atoms with Crippen molar-refractivity contribution in [1.82, 2.24) is 14.7 Å². The first-order valence-electron chi connectivity index (χ1n) is 14.3. The Labute approximate surface area is 287 Å². The number of Topliss-reactive ketones (excluding diaryl/α,β-unsaturated/α-hetero) is 1. The normalized spacial score (nSPS) is 16.7. The Morgan fingerprint density at radius 3 is 2.53 bits per heavy atom. The largest absolute Gasteiger partial charge is 0.489 e. The van der Waals surface area contributed by atoms with Gasteiger partial charge in [0.05, 0.1) is 24.1 Å². The van der Waals surface area contributed by atoms with E-state index in [0.717, 1.165) is 17.4 Å². The van der Waals surface area contributed by atoms with Crippen LogP contribution in [0.1, 0.15) is 32.4 Å². The van der Waals surface area contributed by atoms with Crippen molar-refractivity contribution in [2.75, 3.05) is 24.6 Å². The van der Waals surface area contributed by atoms with Crippen molar-refractivity contribution in [1.29, 1.82) is 0 Å². The molecule has 0 radical (unpaired) electrons. The van der Waals surface area contributed by atoms with E-state index in [4.69, 9.17) is 42.9 Å². The molecular weight excluding hydrogens is 715 g/mol. The molecule has 18 nitrogen and oxygen atoms in total. The summed E-state index contributed by atoms with van der Waals surface area (Å²) >= 11 is 6.97. The minimum absolute atomic E-state index is 0.0559. The summed E-state index contributed by atoms with van der Waals surface area (Å²) in [7, 11) is -3.32. The van der Waals surface area contributed by atoms with Crippen LogP contribution in [0, 0.1) is 11.7 Å². The molecule has 3 heterocycles. The second kappa shape index (κ2) is 14.6. The average Bonchev–Trinajstić information content (AvgIpc) is 3.50. The number of hydrogen-bond acceptors (Lipinski definition) is 14. The second-order valence-electron chi connectivity index (χ2n) is 11.2. The second-order valence-corrected chi connectivity index (χ2v) is 13.9. The number of nitrogens with two attached hydrogens (primary N) is 3. The van der Waals surface area contributed by atoms with Gasteiger partial charge >= 0.3 is 16.4 Å². The number of carboxylic acid groups (broad SMARTS) is 1. The average molecular weight is 748 g/mol. The maximum absolute atomic E-state index is 15.2. The lowest BCUT2D eigenvalue weighted by molar-refractivity contribution is -0.772. The van der Waals surface area contributed by atoms with Crippen LogP contribution in [-0.2, 0) is 47.5 Å². The molecule has 1 fully saturated rings. The summed E-state index contributed by atoms with van der Waals surface area (Å²) in [5.41, 5.74) is 15.8. The molecule has 0 aliphatic carbocycles. The Balaban J connectivity index is 1.51. The third-order valence-corrected chi connectivity index (χ3v) is 9.00. The molecule has 0 saturated carbocycles. The van der Waals surface area contributed by atoms with Crippen LogP contribution in [0.2, 0.25) is 4.34 Å². The highest BCUT2D eigenvalue weighted by Gasteiger charge is 2.57. The van der Waals surface area contributed by atoms with E-state index in [0.29, 0.717) is 36.0 Å². The Kier molecular flexibility index (Phi) is 11.1. The van der Waals surface area contributed by atoms with Crippen molar-refractivity contribution in [3.8, 4) is 16.9 Å². The third-order valence-electron chi connectivity index (χ3n) is 7.58. The van der Waals surface area contributed by atoms with Crippen molar-refractivity contribution in [2.45, 2.75) is 44.9 Å². The molecule has 1 aromatic carbocycles. The summed E-state index contributed by atoms with van der Waals surface area (Å²) in [5, 5.41) is 13.8. The molecule has 1 aliphatic rings. The number of halogens is 2. The molecule has 1 unspecified atom stereocenters. The molecule has 0 spiro atoms. The topological polar surface area (TPSA) is 269 Å². The first-order valence-corrected chi connectivity index (χ1v) is 16.8. The third kappa shape index (κ3) is 8.25. The van der Waals surface area contributed by atoms with Gasteiger partial charge in [0.25, 0.3) is 12.0 Å². The molecule has 4 rings (SSSR count). The van der Waals surface area contributed by atoms with Gasteiger partial charge in [-0.1, -0.05) is 28.1 Å². The number of aliphatic carboxylic acids is 1. The zero-order valence-corrected chi connectivity index (χ0v) is 28.6. The summed E-state index contributed by atoms with van der Waals surface area (Å²) in [6.45, 7) is 3.08. The molecule has 49 heavy (non-hydrogen) atoms. The highest BCUT2D eigenvalue weighted by Crippen LogP contribution is 2.41. The Morgan fingerprint density at radius 1 is 1.29 bits per heavy atom. The summed E-state index contributed by atoms with van der Waals surface area (Å²) in [6.07, 6.45) is -0.0821. The van der Waals surface area contributed by atoms with Gasteiger partial charge in [-0.05, 0) is 32.5 Å². The van der Waals surface area contributed by atoms with Crippen LogP contribution in [0.5, 0.6) is 5.75 Å². The maximum atomic E-state index is 15.2. The van der Waals surface area contributed by atoms with Gasteiger partial charge < -0.3 is 31.9 Å². The number of carbonyl (C=O) groups is 3. The number of aryl methyl sites for hydroxylation is 1. The van der Waals surface area contributed by atoms with Gasteiger partial charge in [-0.15, -0.1) is 13.6 Å². The van der Waals surface area contributed by atoms with Crippen molar-refractivity contribution in [3.05, 3.63) is 40.2 Å². The maximum Gasteiger partial charge on any atom is 0.418 e. The van der Waals surface area contributed by atoms with Gasteiger partial charge in [-0.3, -0.25) is 14.1 Å². The molecule has 2 atom stereocenters. The number of benzene rings is 1. The van der Waals surface area contributed by atoms with Gasteiger partial charge in [-0.2, -0.15) is 13.5 Å². The van der Waals surface area contributed by atoms with Gasteiger partial charge in [-0.25, -0.2) is 14.2 Å². The monoisotopic (exact) mass is 747 g/mol. The Bertz CT molecular complexity index is 1920. The minimum atomic E-state index is -5.04. The van der Waals surface area contributed by atoms with E-state index in [9.17, 15) is 27.9 Å². The molecule has 1 saturated heterocycles. The van der Waals surface area contributed by atoms with E-state index in [1.807, 2.05) is 0 Å². The number of amides is 1. The number of carbonyl (C=O) groups excluding carboxylic acids is 2. The number of hydrogen-bond donors (Lipinski definition) is 5. The van der Waals surface area contributed by atoms with E-state index >= 15 is 4.39 Å². The number of ether oxygens (including phenoxy) is 1. The van der Waals surface area contributed by atoms with E-state index < -0.39 is 70.2 Å². The van der Waals surface area contributed by atoms with Crippen molar-refractivity contribution in [3.63, 3.8) is 0 Å². The molecule has 3 aromatic rings. The summed E-state index contributed by atoms with van der Waals surface area (Å²) in [6, 6.07) is 3.85. The van der Waals surface area contributed by atoms with Gasteiger partial charge in [0.1, 0.15) is 28.2 Å². The Morgan fingerprint density at radius 2 is 1.98 bits per heavy atom. The quantitative estimate of drug-likeness (QED) is 0.0449. The first kappa shape index (κ1) is 37.4.